The van der Waals surface area contributed by atoms with E-state index in [9.17, 15) is 5.11 Å². The first kappa shape index (κ1) is 15.8. The summed E-state index contributed by atoms with van der Waals surface area (Å²) >= 11 is 0. The molecule has 1 aliphatic rings. The zero-order chi connectivity index (χ0) is 15.1. The Morgan fingerprint density at radius 2 is 2.05 bits per heavy atom. The van der Waals surface area contributed by atoms with E-state index in [4.69, 9.17) is 15.9 Å². The van der Waals surface area contributed by atoms with Gasteiger partial charge in [0, 0.05) is 18.2 Å². The Kier molecular flexibility index (Phi) is 6.02. The van der Waals surface area contributed by atoms with Crippen molar-refractivity contribution in [2.45, 2.75) is 31.7 Å². The van der Waals surface area contributed by atoms with Gasteiger partial charge in [0.25, 0.3) is 0 Å². The van der Waals surface area contributed by atoms with Gasteiger partial charge in [-0.05, 0) is 43.7 Å². The number of hydrogen-bond acceptors (Lipinski definition) is 4. The minimum atomic E-state index is 0.0666. The number of nitrogen functional groups attached to an aromatic ring is 1. The normalized spacial score (nSPS) is 20.0. The van der Waals surface area contributed by atoms with E-state index in [-0.39, 0.29) is 18.5 Å². The van der Waals surface area contributed by atoms with E-state index in [1.807, 2.05) is 12.1 Å². The van der Waals surface area contributed by atoms with Crippen molar-refractivity contribution >= 4 is 5.84 Å². The molecule has 0 radical (unpaired) electrons. The van der Waals surface area contributed by atoms with Gasteiger partial charge in [-0.3, -0.25) is 10.3 Å². The monoisotopic (exact) mass is 291 g/mol. The number of benzene rings is 1. The van der Waals surface area contributed by atoms with E-state index < -0.39 is 0 Å². The van der Waals surface area contributed by atoms with Crippen molar-refractivity contribution in [3.05, 3.63) is 29.8 Å². The Labute approximate surface area is 126 Å². The highest BCUT2D eigenvalue weighted by Crippen LogP contribution is 2.17. The highest BCUT2D eigenvalue weighted by atomic mass is 16.5. The standard InChI is InChI=1S/C16H25N3O2/c17-16(18)13-5-7-15(8-6-13)21-11-10-19-9-3-1-2-4-14(19)12-20/h5-8,14,20H,1-4,9-12H2,(H3,17,18). The third-order valence-corrected chi connectivity index (χ3v) is 4.02. The summed E-state index contributed by atoms with van der Waals surface area (Å²) in [7, 11) is 0. The van der Waals surface area contributed by atoms with E-state index in [2.05, 4.69) is 4.90 Å². The van der Waals surface area contributed by atoms with Crippen LogP contribution in [0.15, 0.2) is 24.3 Å². The van der Waals surface area contributed by atoms with Crippen molar-refractivity contribution in [2.75, 3.05) is 26.3 Å². The summed E-state index contributed by atoms with van der Waals surface area (Å²) in [5.41, 5.74) is 6.12. The van der Waals surface area contributed by atoms with Gasteiger partial charge in [0.1, 0.15) is 18.2 Å². The van der Waals surface area contributed by atoms with E-state index in [0.717, 1.165) is 25.3 Å². The van der Waals surface area contributed by atoms with Crippen LogP contribution in [0, 0.1) is 5.41 Å². The SMILES string of the molecule is N=C(N)c1ccc(OCCN2CCCCCC2CO)cc1. The van der Waals surface area contributed by atoms with Crippen LogP contribution in [0.25, 0.3) is 0 Å². The van der Waals surface area contributed by atoms with Crippen LogP contribution < -0.4 is 10.5 Å². The Hall–Kier alpha value is -1.59. The molecule has 0 spiro atoms. The Morgan fingerprint density at radius 1 is 1.29 bits per heavy atom. The predicted molar refractivity (Wildman–Crippen MR) is 83.9 cm³/mol. The number of nitrogens with one attached hydrogen (secondary N) is 1. The summed E-state index contributed by atoms with van der Waals surface area (Å²) in [6.07, 6.45) is 4.73. The van der Waals surface area contributed by atoms with Gasteiger partial charge in [0.2, 0.25) is 0 Å². The van der Waals surface area contributed by atoms with Gasteiger partial charge >= 0.3 is 0 Å². The average Bonchev–Trinajstić information content (AvgIpc) is 2.73. The summed E-state index contributed by atoms with van der Waals surface area (Å²) in [6.45, 7) is 2.71. The molecule has 1 atom stereocenters. The van der Waals surface area contributed by atoms with Gasteiger partial charge < -0.3 is 15.6 Å². The molecule has 2 rings (SSSR count). The lowest BCUT2D eigenvalue weighted by Crippen LogP contribution is -2.40. The minimum Gasteiger partial charge on any atom is -0.492 e. The molecule has 0 saturated carbocycles. The van der Waals surface area contributed by atoms with Crippen molar-refractivity contribution in [1.82, 2.24) is 4.90 Å². The first-order valence-electron chi connectivity index (χ1n) is 7.63. The highest BCUT2D eigenvalue weighted by Gasteiger charge is 2.19. The van der Waals surface area contributed by atoms with Crippen molar-refractivity contribution in [1.29, 1.82) is 5.41 Å². The highest BCUT2D eigenvalue weighted by molar-refractivity contribution is 5.94. The molecule has 1 aliphatic heterocycles. The molecule has 0 amide bonds. The Morgan fingerprint density at radius 3 is 2.71 bits per heavy atom. The molecular formula is C16H25N3O2. The zero-order valence-corrected chi connectivity index (χ0v) is 12.4. The summed E-state index contributed by atoms with van der Waals surface area (Å²) in [5.74, 6) is 0.854. The van der Waals surface area contributed by atoms with Gasteiger partial charge in [-0.1, -0.05) is 12.8 Å². The van der Waals surface area contributed by atoms with Crippen LogP contribution in [-0.4, -0.2) is 48.2 Å². The third kappa shape index (κ3) is 4.72. The van der Waals surface area contributed by atoms with Gasteiger partial charge in [0.15, 0.2) is 0 Å². The van der Waals surface area contributed by atoms with Crippen LogP contribution >= 0.6 is 0 Å². The number of nitrogens with zero attached hydrogens (tertiary/aromatic N) is 1. The number of ether oxygens (including phenoxy) is 1. The van der Waals surface area contributed by atoms with Crippen molar-refractivity contribution in [3.8, 4) is 5.75 Å². The number of aliphatic hydroxyl groups is 1. The van der Waals surface area contributed by atoms with Gasteiger partial charge in [-0.15, -0.1) is 0 Å². The second-order valence-electron chi connectivity index (χ2n) is 5.51. The number of hydrogen-bond donors (Lipinski definition) is 3. The lowest BCUT2D eigenvalue weighted by Gasteiger charge is -2.28. The fraction of sp³-hybridized carbons (Fsp3) is 0.562. The van der Waals surface area contributed by atoms with Crippen LogP contribution in [0.1, 0.15) is 31.2 Å². The fourth-order valence-corrected chi connectivity index (χ4v) is 2.75. The molecule has 4 N–H and O–H groups in total. The predicted octanol–water partition coefficient (Wildman–Crippen LogP) is 1.59. The Bertz CT molecular complexity index is 447. The second-order valence-corrected chi connectivity index (χ2v) is 5.51. The fourth-order valence-electron chi connectivity index (χ4n) is 2.75. The Balaban J connectivity index is 1.81. The molecule has 5 nitrogen and oxygen atoms in total. The van der Waals surface area contributed by atoms with Crippen LogP contribution in [0.2, 0.25) is 0 Å². The van der Waals surface area contributed by atoms with Gasteiger partial charge in [-0.25, -0.2) is 0 Å². The number of nitrogens with two attached hydrogens (primary N) is 1. The molecule has 1 fully saturated rings. The first-order chi connectivity index (χ1) is 10.2. The molecule has 0 aromatic heterocycles. The van der Waals surface area contributed by atoms with E-state index in [0.29, 0.717) is 12.2 Å². The van der Waals surface area contributed by atoms with Gasteiger partial charge in [-0.2, -0.15) is 0 Å². The molecule has 0 aliphatic carbocycles. The zero-order valence-electron chi connectivity index (χ0n) is 12.4. The second kappa shape index (κ2) is 8.00. The topological polar surface area (TPSA) is 82.6 Å². The third-order valence-electron chi connectivity index (χ3n) is 4.02. The molecule has 5 heteroatoms. The summed E-state index contributed by atoms with van der Waals surface area (Å²) < 4.78 is 5.74. The summed E-state index contributed by atoms with van der Waals surface area (Å²) in [6, 6.07) is 7.53. The molecule has 116 valence electrons. The van der Waals surface area contributed by atoms with Crippen LogP contribution in [0.4, 0.5) is 0 Å². The molecule has 21 heavy (non-hydrogen) atoms. The van der Waals surface area contributed by atoms with Gasteiger partial charge in [0.05, 0.1) is 6.61 Å². The smallest absolute Gasteiger partial charge is 0.122 e. The number of likely N-dealkylation sites (tertiary alicyclic amines) is 1. The minimum absolute atomic E-state index is 0.0666. The van der Waals surface area contributed by atoms with Crippen LogP contribution in [-0.2, 0) is 0 Å². The molecule has 1 aromatic rings. The summed E-state index contributed by atoms with van der Waals surface area (Å²) in [5, 5.41) is 16.8. The maximum Gasteiger partial charge on any atom is 0.122 e. The lowest BCUT2D eigenvalue weighted by molar-refractivity contribution is 0.108. The van der Waals surface area contributed by atoms with Crippen LogP contribution in [0.3, 0.4) is 0 Å². The van der Waals surface area contributed by atoms with E-state index >= 15 is 0 Å². The van der Waals surface area contributed by atoms with Crippen molar-refractivity contribution < 1.29 is 9.84 Å². The maximum atomic E-state index is 9.47. The number of amidine groups is 1. The largest absolute Gasteiger partial charge is 0.492 e. The molecule has 1 heterocycles. The van der Waals surface area contributed by atoms with E-state index in [1.165, 1.54) is 19.3 Å². The molecule has 0 bridgehead atoms. The van der Waals surface area contributed by atoms with Crippen LogP contribution in [0.5, 0.6) is 5.75 Å². The maximum absolute atomic E-state index is 9.47. The molecule has 1 unspecified atom stereocenters. The van der Waals surface area contributed by atoms with E-state index in [1.54, 1.807) is 12.1 Å². The quantitative estimate of drug-likeness (QED) is 0.549. The number of aliphatic hydroxyl groups excluding tert-OH is 1. The molecule has 1 aromatic carbocycles. The molecule has 1 saturated heterocycles. The summed E-state index contributed by atoms with van der Waals surface area (Å²) in [4.78, 5) is 2.33. The molecular weight excluding hydrogens is 266 g/mol. The van der Waals surface area contributed by atoms with Crippen molar-refractivity contribution in [3.63, 3.8) is 0 Å². The number of rotatable bonds is 6. The lowest BCUT2D eigenvalue weighted by atomic mass is 10.1. The van der Waals surface area contributed by atoms with Crippen molar-refractivity contribution in [2.24, 2.45) is 5.73 Å². The average molecular weight is 291 g/mol. The first-order valence-corrected chi connectivity index (χ1v) is 7.63.